The number of hydrogen-bond donors (Lipinski definition) is 1. The van der Waals surface area contributed by atoms with E-state index < -0.39 is 17.8 Å². The lowest BCUT2D eigenvalue weighted by Crippen LogP contribution is -2.40. The zero-order valence-corrected chi connectivity index (χ0v) is 23.3. The Hall–Kier alpha value is -3.64. The summed E-state index contributed by atoms with van der Waals surface area (Å²) in [5.74, 6) is 0. The molecule has 0 radical (unpaired) electrons. The van der Waals surface area contributed by atoms with Gasteiger partial charge in [-0.2, -0.15) is 0 Å². The summed E-state index contributed by atoms with van der Waals surface area (Å²) >= 11 is 0. The maximum atomic E-state index is 13.0. The second-order valence-corrected chi connectivity index (χ2v) is 11.2. The molecule has 3 aromatic carbocycles. The number of anilines is 1. The van der Waals surface area contributed by atoms with E-state index in [1.165, 1.54) is 6.42 Å². The number of nitrogens with zero attached hydrogens (tertiary/aromatic N) is 2. The van der Waals surface area contributed by atoms with Crippen molar-refractivity contribution in [2.75, 3.05) is 31.1 Å². The first-order valence-electron chi connectivity index (χ1n) is 13.9. The Morgan fingerprint density at radius 1 is 0.974 bits per heavy atom. The number of aliphatic hydroxyl groups excluding tert-OH is 1. The van der Waals surface area contributed by atoms with E-state index in [2.05, 4.69) is 35.2 Å². The second-order valence-electron chi connectivity index (χ2n) is 11.2. The van der Waals surface area contributed by atoms with E-state index in [1.807, 2.05) is 63.2 Å². The van der Waals surface area contributed by atoms with Gasteiger partial charge < -0.3 is 19.6 Å². The molecule has 1 fully saturated rings. The van der Waals surface area contributed by atoms with Crippen LogP contribution in [0.5, 0.6) is 0 Å². The van der Waals surface area contributed by atoms with Crippen LogP contribution in [0.15, 0.2) is 72.8 Å². The maximum absolute atomic E-state index is 13.0. The second kappa shape index (κ2) is 12.9. The fourth-order valence-electron chi connectivity index (χ4n) is 4.93. The molecule has 6 nitrogen and oxygen atoms in total. The van der Waals surface area contributed by atoms with Crippen LogP contribution >= 0.6 is 0 Å². The van der Waals surface area contributed by atoms with Crippen molar-refractivity contribution in [2.45, 2.75) is 58.2 Å². The van der Waals surface area contributed by atoms with Crippen LogP contribution in [0.1, 0.15) is 67.6 Å². The minimum absolute atomic E-state index is 0.152. The molecule has 0 aliphatic carbocycles. The van der Waals surface area contributed by atoms with Crippen molar-refractivity contribution >= 4 is 18.1 Å². The summed E-state index contributed by atoms with van der Waals surface area (Å²) < 4.78 is 5.63. The van der Waals surface area contributed by atoms with Crippen LogP contribution < -0.4 is 4.90 Å². The number of rotatable bonds is 9. The summed E-state index contributed by atoms with van der Waals surface area (Å²) in [6, 6.07) is 23.7. The van der Waals surface area contributed by atoms with Crippen molar-refractivity contribution in [1.82, 2.24) is 4.90 Å². The molecular formula is C33H40N2O4. The van der Waals surface area contributed by atoms with Gasteiger partial charge in [0.15, 0.2) is 6.29 Å². The van der Waals surface area contributed by atoms with E-state index in [4.69, 9.17) is 4.74 Å². The number of aliphatic hydroxyl groups is 1. The Bertz CT molecular complexity index is 1230. The van der Waals surface area contributed by atoms with Crippen molar-refractivity contribution in [3.8, 4) is 11.1 Å². The van der Waals surface area contributed by atoms with Gasteiger partial charge in [-0.1, -0.05) is 60.7 Å². The molecule has 0 saturated carbocycles. The summed E-state index contributed by atoms with van der Waals surface area (Å²) in [5, 5.41) is 10.8. The minimum atomic E-state index is -0.801. The first-order chi connectivity index (χ1) is 18.7. The summed E-state index contributed by atoms with van der Waals surface area (Å²) in [4.78, 5) is 28.5. The first kappa shape index (κ1) is 28.4. The molecule has 4 rings (SSSR count). The number of benzene rings is 3. The zero-order chi connectivity index (χ0) is 27.8. The number of amides is 1. The molecule has 1 saturated heterocycles. The molecule has 1 atom stereocenters. The molecule has 1 aliphatic rings. The summed E-state index contributed by atoms with van der Waals surface area (Å²) in [6.45, 7) is 8.06. The smallest absolute Gasteiger partial charge is 0.410 e. The minimum Gasteiger partial charge on any atom is -0.444 e. The molecule has 39 heavy (non-hydrogen) atoms. The van der Waals surface area contributed by atoms with E-state index in [0.29, 0.717) is 13.0 Å². The quantitative estimate of drug-likeness (QED) is 0.314. The number of piperidine rings is 1. The largest absolute Gasteiger partial charge is 0.444 e. The van der Waals surface area contributed by atoms with Gasteiger partial charge in [-0.25, -0.2) is 4.79 Å². The number of ether oxygens (including phenoxy) is 1. The fourth-order valence-corrected chi connectivity index (χ4v) is 4.93. The van der Waals surface area contributed by atoms with E-state index in [-0.39, 0.29) is 6.54 Å². The number of carbonyl (C=O) groups is 2. The molecule has 0 spiro atoms. The predicted octanol–water partition coefficient (Wildman–Crippen LogP) is 6.67. The van der Waals surface area contributed by atoms with Gasteiger partial charge in [-0.05, 0) is 80.8 Å². The van der Waals surface area contributed by atoms with Gasteiger partial charge in [0, 0.05) is 30.9 Å². The average Bonchev–Trinajstić information content (AvgIpc) is 2.95. The molecule has 1 heterocycles. The molecule has 1 amide bonds. The van der Waals surface area contributed by atoms with Crippen LogP contribution in [0.4, 0.5) is 10.5 Å². The van der Waals surface area contributed by atoms with Crippen LogP contribution in [0.25, 0.3) is 11.1 Å². The number of carbonyl (C=O) groups excluding carboxylic acids is 2. The molecule has 1 N–H and O–H groups in total. The van der Waals surface area contributed by atoms with Crippen LogP contribution in [0, 0.1) is 0 Å². The van der Waals surface area contributed by atoms with Crippen LogP contribution in [-0.4, -0.2) is 54.2 Å². The third kappa shape index (κ3) is 7.93. The number of aldehydes is 1. The van der Waals surface area contributed by atoms with E-state index >= 15 is 0 Å². The Kier molecular flexibility index (Phi) is 9.41. The Morgan fingerprint density at radius 3 is 2.28 bits per heavy atom. The molecule has 0 aromatic heterocycles. The van der Waals surface area contributed by atoms with Crippen molar-refractivity contribution in [3.63, 3.8) is 0 Å². The van der Waals surface area contributed by atoms with Gasteiger partial charge in [0.25, 0.3) is 0 Å². The molecule has 0 unspecified atom stereocenters. The summed E-state index contributed by atoms with van der Waals surface area (Å²) in [6.07, 6.45) is 3.88. The Balaban J connectivity index is 1.46. The van der Waals surface area contributed by atoms with Gasteiger partial charge in [-0.15, -0.1) is 0 Å². The third-order valence-electron chi connectivity index (χ3n) is 7.04. The lowest BCUT2D eigenvalue weighted by atomic mass is 9.99. The topological polar surface area (TPSA) is 70.1 Å². The maximum Gasteiger partial charge on any atom is 0.410 e. The van der Waals surface area contributed by atoms with Crippen molar-refractivity contribution < 1.29 is 19.4 Å². The highest BCUT2D eigenvalue weighted by Crippen LogP contribution is 2.30. The highest BCUT2D eigenvalue weighted by molar-refractivity contribution is 5.87. The van der Waals surface area contributed by atoms with E-state index in [9.17, 15) is 14.7 Å². The van der Waals surface area contributed by atoms with Crippen LogP contribution in [0.3, 0.4) is 0 Å². The summed E-state index contributed by atoms with van der Waals surface area (Å²) in [7, 11) is 0. The zero-order valence-electron chi connectivity index (χ0n) is 23.3. The highest BCUT2D eigenvalue weighted by Gasteiger charge is 2.24. The van der Waals surface area contributed by atoms with Gasteiger partial charge in [0.2, 0.25) is 0 Å². The van der Waals surface area contributed by atoms with Crippen LogP contribution in [0.2, 0.25) is 0 Å². The normalized spacial score (nSPS) is 14.5. The SMILES string of the molecule is CC(C)(C)OC(=O)N(CCc1ccc(-c2ccc(C=O)c(N3CCCCC3)c2)cc1)C[C@H](O)c1ccccc1. The molecule has 206 valence electrons. The molecule has 3 aromatic rings. The predicted molar refractivity (Wildman–Crippen MR) is 156 cm³/mol. The molecular weight excluding hydrogens is 488 g/mol. The Morgan fingerprint density at radius 2 is 1.64 bits per heavy atom. The van der Waals surface area contributed by atoms with Crippen LogP contribution in [-0.2, 0) is 11.2 Å². The molecule has 6 heteroatoms. The first-order valence-corrected chi connectivity index (χ1v) is 13.9. The Labute approximate surface area is 232 Å². The average molecular weight is 529 g/mol. The highest BCUT2D eigenvalue weighted by atomic mass is 16.6. The molecule has 0 bridgehead atoms. The van der Waals surface area contributed by atoms with E-state index in [1.54, 1.807) is 4.90 Å². The number of hydrogen-bond acceptors (Lipinski definition) is 5. The standard InChI is InChI=1S/C33H40N2O4/c1-33(2,3)39-32(38)35(23-31(37)27-10-6-4-7-11-27)21-18-25-12-14-26(15-13-25)28-16-17-29(24-36)30(22-28)34-19-8-5-9-20-34/h4,6-7,10-17,22,24,31,37H,5,8-9,18-21,23H2,1-3H3/t31-/m0/s1. The van der Waals surface area contributed by atoms with Gasteiger partial charge in [-0.3, -0.25) is 4.79 Å². The lowest BCUT2D eigenvalue weighted by molar-refractivity contribution is 0.0147. The fraction of sp³-hybridized carbons (Fsp3) is 0.394. The summed E-state index contributed by atoms with van der Waals surface area (Å²) in [5.41, 5.74) is 5.13. The van der Waals surface area contributed by atoms with E-state index in [0.717, 1.165) is 65.7 Å². The van der Waals surface area contributed by atoms with Crippen molar-refractivity contribution in [3.05, 3.63) is 89.5 Å². The van der Waals surface area contributed by atoms with Gasteiger partial charge in [0.1, 0.15) is 5.60 Å². The third-order valence-corrected chi connectivity index (χ3v) is 7.04. The van der Waals surface area contributed by atoms with Crippen molar-refractivity contribution in [2.24, 2.45) is 0 Å². The van der Waals surface area contributed by atoms with Crippen molar-refractivity contribution in [1.29, 1.82) is 0 Å². The van der Waals surface area contributed by atoms with Gasteiger partial charge in [0.05, 0.1) is 12.6 Å². The molecule has 1 aliphatic heterocycles. The lowest BCUT2D eigenvalue weighted by Gasteiger charge is -2.30. The monoisotopic (exact) mass is 528 g/mol. The van der Waals surface area contributed by atoms with Gasteiger partial charge >= 0.3 is 6.09 Å².